The molecule has 5 nitrogen and oxygen atoms in total. The van der Waals surface area contributed by atoms with Crippen molar-refractivity contribution in [3.05, 3.63) is 65.1 Å². The molecule has 2 heterocycles. The van der Waals surface area contributed by atoms with Crippen LogP contribution in [0.15, 0.2) is 48.7 Å². The highest BCUT2D eigenvalue weighted by Gasteiger charge is 2.07. The maximum atomic E-state index is 11.8. The molecule has 118 valence electrons. The maximum Gasteiger partial charge on any atom is 0.258 e. The number of hydrogen-bond acceptors (Lipinski definition) is 3. The van der Waals surface area contributed by atoms with Crippen LogP contribution in [0.3, 0.4) is 0 Å². The summed E-state index contributed by atoms with van der Waals surface area (Å²) in [6, 6.07) is 13.0. The van der Waals surface area contributed by atoms with Crippen LogP contribution in [0, 0.1) is 6.92 Å². The van der Waals surface area contributed by atoms with Crippen LogP contribution < -0.4 is 10.1 Å². The van der Waals surface area contributed by atoms with Crippen LogP contribution >= 0.6 is 11.6 Å². The van der Waals surface area contributed by atoms with E-state index in [0.717, 1.165) is 16.9 Å². The Labute approximate surface area is 138 Å². The third-order valence-corrected chi connectivity index (χ3v) is 3.66. The Morgan fingerprint density at radius 2 is 2.04 bits per heavy atom. The molecule has 0 saturated carbocycles. The first kappa shape index (κ1) is 15.4. The molecule has 3 aromatic rings. The van der Waals surface area contributed by atoms with E-state index in [1.807, 2.05) is 43.3 Å². The minimum Gasteiger partial charge on any atom is -0.484 e. The number of amides is 1. The predicted molar refractivity (Wildman–Crippen MR) is 88.7 cm³/mol. The molecular weight excluding hydrogens is 314 g/mol. The van der Waals surface area contributed by atoms with Gasteiger partial charge in [0.1, 0.15) is 16.5 Å². The fourth-order valence-electron chi connectivity index (χ4n) is 2.14. The Kier molecular flexibility index (Phi) is 4.48. The van der Waals surface area contributed by atoms with Gasteiger partial charge in [0.05, 0.1) is 12.2 Å². The van der Waals surface area contributed by atoms with Gasteiger partial charge >= 0.3 is 0 Å². The molecule has 1 aromatic carbocycles. The average Bonchev–Trinajstić information content (AvgIpc) is 2.97. The van der Waals surface area contributed by atoms with Gasteiger partial charge in [-0.2, -0.15) is 0 Å². The quantitative estimate of drug-likeness (QED) is 0.732. The molecule has 2 aromatic heterocycles. The molecule has 0 spiro atoms. The van der Waals surface area contributed by atoms with E-state index in [2.05, 4.69) is 10.3 Å². The summed E-state index contributed by atoms with van der Waals surface area (Å²) in [5, 5.41) is 3.36. The molecule has 0 unspecified atom stereocenters. The number of halogens is 1. The molecule has 0 aliphatic rings. The van der Waals surface area contributed by atoms with Gasteiger partial charge in [-0.25, -0.2) is 4.98 Å². The third-order valence-electron chi connectivity index (χ3n) is 3.35. The van der Waals surface area contributed by atoms with Crippen LogP contribution in [0.4, 0.5) is 0 Å². The number of rotatable bonds is 5. The predicted octanol–water partition coefficient (Wildman–Crippen LogP) is 2.99. The molecule has 0 radical (unpaired) electrons. The van der Waals surface area contributed by atoms with E-state index >= 15 is 0 Å². The van der Waals surface area contributed by atoms with E-state index in [1.165, 1.54) is 0 Å². The zero-order valence-corrected chi connectivity index (χ0v) is 13.4. The van der Waals surface area contributed by atoms with Gasteiger partial charge in [0.15, 0.2) is 6.61 Å². The van der Waals surface area contributed by atoms with Crippen molar-refractivity contribution in [3.63, 3.8) is 0 Å². The Balaban J connectivity index is 1.53. The number of carbonyl (C=O) groups is 1. The highest BCUT2D eigenvalue weighted by molar-refractivity contribution is 6.29. The Hall–Kier alpha value is -2.53. The number of aromatic nitrogens is 2. The monoisotopic (exact) mass is 329 g/mol. The molecule has 1 N–H and O–H groups in total. The minimum atomic E-state index is -0.200. The van der Waals surface area contributed by atoms with Crippen LogP contribution in [0.1, 0.15) is 11.3 Å². The first-order valence-corrected chi connectivity index (χ1v) is 7.58. The summed E-state index contributed by atoms with van der Waals surface area (Å²) in [4.78, 5) is 16.2. The second-order valence-corrected chi connectivity index (χ2v) is 5.57. The van der Waals surface area contributed by atoms with Crippen molar-refractivity contribution in [2.45, 2.75) is 13.5 Å². The van der Waals surface area contributed by atoms with Crippen molar-refractivity contribution in [2.24, 2.45) is 0 Å². The maximum absolute atomic E-state index is 11.8. The van der Waals surface area contributed by atoms with Crippen molar-refractivity contribution in [2.75, 3.05) is 6.61 Å². The van der Waals surface area contributed by atoms with Gasteiger partial charge in [0.25, 0.3) is 5.91 Å². The first-order chi connectivity index (χ1) is 11.1. The van der Waals surface area contributed by atoms with E-state index in [0.29, 0.717) is 17.4 Å². The second-order valence-electron chi connectivity index (χ2n) is 5.19. The van der Waals surface area contributed by atoms with Gasteiger partial charge in [-0.1, -0.05) is 35.4 Å². The molecule has 0 aliphatic carbocycles. The highest BCUT2D eigenvalue weighted by Crippen LogP contribution is 2.13. The Bertz CT molecular complexity index is 827. The number of benzene rings is 1. The highest BCUT2D eigenvalue weighted by atomic mass is 35.5. The normalized spacial score (nSPS) is 10.7. The zero-order valence-electron chi connectivity index (χ0n) is 12.6. The number of imidazole rings is 1. The number of ether oxygens (including phenoxy) is 1. The number of aryl methyl sites for hydroxylation is 1. The zero-order chi connectivity index (χ0) is 16.2. The molecule has 1 amide bonds. The molecular formula is C17H16ClN3O2. The molecule has 6 heteroatoms. The lowest BCUT2D eigenvalue weighted by atomic mass is 10.2. The largest absolute Gasteiger partial charge is 0.484 e. The Morgan fingerprint density at radius 1 is 1.26 bits per heavy atom. The minimum absolute atomic E-state index is 0.0306. The molecule has 0 bridgehead atoms. The van der Waals surface area contributed by atoms with E-state index < -0.39 is 0 Å². The number of pyridine rings is 1. The molecule has 0 fully saturated rings. The van der Waals surface area contributed by atoms with Crippen molar-refractivity contribution in [3.8, 4) is 5.75 Å². The van der Waals surface area contributed by atoms with E-state index in [9.17, 15) is 4.79 Å². The lowest BCUT2D eigenvalue weighted by Gasteiger charge is -2.06. The standard InChI is InChI=1S/C17H16ClN3O2/c1-12-5-7-14(8-6-12)23-11-17(22)19-9-13-10-21-15(18)3-2-4-16(21)20-13/h2-8,10H,9,11H2,1H3,(H,19,22). The molecule has 0 atom stereocenters. The van der Waals surface area contributed by atoms with Crippen molar-refractivity contribution in [1.29, 1.82) is 0 Å². The summed E-state index contributed by atoms with van der Waals surface area (Å²) >= 11 is 6.08. The summed E-state index contributed by atoms with van der Waals surface area (Å²) in [6.07, 6.45) is 1.80. The number of hydrogen-bond donors (Lipinski definition) is 1. The number of carbonyl (C=O) groups excluding carboxylic acids is 1. The van der Waals surface area contributed by atoms with Crippen LogP contribution in [-0.4, -0.2) is 21.9 Å². The molecule has 23 heavy (non-hydrogen) atoms. The summed E-state index contributed by atoms with van der Waals surface area (Å²) in [5.74, 6) is 0.471. The first-order valence-electron chi connectivity index (χ1n) is 7.20. The summed E-state index contributed by atoms with van der Waals surface area (Å²) in [5.41, 5.74) is 2.63. The molecule has 3 rings (SSSR count). The summed E-state index contributed by atoms with van der Waals surface area (Å²) in [6.45, 7) is 2.29. The van der Waals surface area contributed by atoms with Crippen LogP contribution in [0.25, 0.3) is 5.65 Å². The van der Waals surface area contributed by atoms with E-state index in [-0.39, 0.29) is 12.5 Å². The number of fused-ring (bicyclic) bond motifs is 1. The van der Waals surface area contributed by atoms with Crippen molar-refractivity contribution in [1.82, 2.24) is 14.7 Å². The van der Waals surface area contributed by atoms with Gasteiger partial charge < -0.3 is 10.1 Å². The third kappa shape index (κ3) is 3.81. The number of nitrogens with one attached hydrogen (secondary N) is 1. The van der Waals surface area contributed by atoms with Crippen molar-refractivity contribution < 1.29 is 9.53 Å². The van der Waals surface area contributed by atoms with Crippen LogP contribution in [0.2, 0.25) is 5.15 Å². The van der Waals surface area contributed by atoms with Crippen LogP contribution in [-0.2, 0) is 11.3 Å². The van der Waals surface area contributed by atoms with Gasteiger partial charge in [-0.05, 0) is 31.2 Å². The lowest BCUT2D eigenvalue weighted by Crippen LogP contribution is -2.28. The fourth-order valence-corrected chi connectivity index (χ4v) is 2.34. The van der Waals surface area contributed by atoms with E-state index in [1.54, 1.807) is 16.7 Å². The van der Waals surface area contributed by atoms with Gasteiger partial charge in [-0.15, -0.1) is 0 Å². The van der Waals surface area contributed by atoms with E-state index in [4.69, 9.17) is 16.3 Å². The SMILES string of the molecule is Cc1ccc(OCC(=O)NCc2cn3c(Cl)cccc3n2)cc1. The summed E-state index contributed by atoms with van der Waals surface area (Å²) in [7, 11) is 0. The van der Waals surface area contributed by atoms with Gasteiger partial charge in [0.2, 0.25) is 0 Å². The Morgan fingerprint density at radius 3 is 2.78 bits per heavy atom. The molecule has 0 aliphatic heterocycles. The average molecular weight is 330 g/mol. The lowest BCUT2D eigenvalue weighted by molar-refractivity contribution is -0.123. The smallest absolute Gasteiger partial charge is 0.258 e. The van der Waals surface area contributed by atoms with Crippen LogP contribution in [0.5, 0.6) is 5.75 Å². The number of nitrogens with zero attached hydrogens (tertiary/aromatic N) is 2. The van der Waals surface area contributed by atoms with Gasteiger partial charge in [0, 0.05) is 6.20 Å². The fraction of sp³-hybridized carbons (Fsp3) is 0.176. The second kappa shape index (κ2) is 6.71. The molecule has 0 saturated heterocycles. The topological polar surface area (TPSA) is 55.6 Å². The summed E-state index contributed by atoms with van der Waals surface area (Å²) < 4.78 is 7.20. The van der Waals surface area contributed by atoms with Crippen molar-refractivity contribution >= 4 is 23.2 Å². The van der Waals surface area contributed by atoms with Gasteiger partial charge in [-0.3, -0.25) is 9.20 Å².